The maximum atomic E-state index is 4.86. The Morgan fingerprint density at radius 3 is 2.45 bits per heavy atom. The van der Waals surface area contributed by atoms with Gasteiger partial charge in [-0.3, -0.25) is 0 Å². The van der Waals surface area contributed by atoms with Gasteiger partial charge in [-0.2, -0.15) is 0 Å². The Balaban J connectivity index is 1.52. The molecule has 0 spiro atoms. The van der Waals surface area contributed by atoms with Crippen LogP contribution in [0.4, 0.5) is 0 Å². The highest BCUT2D eigenvalue weighted by Crippen LogP contribution is 2.42. The Labute approximate surface area is 188 Å². The molecule has 0 atom stereocenters. The molecule has 31 heavy (non-hydrogen) atoms. The second kappa shape index (κ2) is 7.70. The van der Waals surface area contributed by atoms with Crippen molar-refractivity contribution in [2.45, 2.75) is 42.7 Å². The van der Waals surface area contributed by atoms with E-state index < -0.39 is 0 Å². The van der Waals surface area contributed by atoms with Gasteiger partial charge in [-0.15, -0.1) is 21.5 Å². The zero-order valence-corrected chi connectivity index (χ0v) is 18.8. The molecule has 0 N–H and O–H groups in total. The summed E-state index contributed by atoms with van der Waals surface area (Å²) >= 11 is 3.47. The van der Waals surface area contributed by atoms with E-state index in [9.17, 15) is 0 Å². The average molecular weight is 441 g/mol. The molecule has 1 aliphatic rings. The van der Waals surface area contributed by atoms with Crippen molar-refractivity contribution >= 4 is 44.1 Å². The number of hydrogen-bond acceptors (Lipinski definition) is 6. The number of nitrogens with zero attached hydrogens (tertiary/aromatic N) is 4. The topological polar surface area (TPSA) is 51.6 Å². The summed E-state index contributed by atoms with van der Waals surface area (Å²) in [5.74, 6) is 0.812. The Bertz CT molecular complexity index is 1430. The van der Waals surface area contributed by atoms with Crippen molar-refractivity contribution in [1.29, 1.82) is 0 Å². The summed E-state index contributed by atoms with van der Waals surface area (Å²) in [7, 11) is 0. The van der Waals surface area contributed by atoms with Gasteiger partial charge in [0.25, 0.3) is 0 Å². The molecule has 0 saturated carbocycles. The Morgan fingerprint density at radius 2 is 1.58 bits per heavy atom. The Kier molecular flexibility index (Phi) is 4.69. The van der Waals surface area contributed by atoms with Crippen LogP contribution in [-0.2, 0) is 12.8 Å². The third kappa shape index (κ3) is 3.30. The first-order chi connectivity index (χ1) is 15.3. The lowest BCUT2D eigenvalue weighted by atomic mass is 9.97. The zero-order valence-electron chi connectivity index (χ0n) is 17.1. The third-order valence-electron chi connectivity index (χ3n) is 5.79. The average Bonchev–Trinajstić information content (AvgIpc) is 3.18. The molecule has 1 aliphatic carbocycles. The van der Waals surface area contributed by atoms with Gasteiger partial charge in [-0.1, -0.05) is 54.6 Å². The molecule has 0 unspecified atom stereocenters. The first kappa shape index (κ1) is 18.9. The van der Waals surface area contributed by atoms with Gasteiger partial charge in [0.1, 0.15) is 26.4 Å². The highest BCUT2D eigenvalue weighted by molar-refractivity contribution is 7.99. The first-order valence-corrected chi connectivity index (χ1v) is 12.2. The number of thiophene rings is 1. The minimum Gasteiger partial charge on any atom is -0.226 e. The maximum Gasteiger partial charge on any atom is 0.133 e. The van der Waals surface area contributed by atoms with Crippen LogP contribution in [0.25, 0.3) is 32.2 Å². The van der Waals surface area contributed by atoms with Gasteiger partial charge in [-0.25, -0.2) is 9.97 Å². The molecule has 5 aromatic rings. The van der Waals surface area contributed by atoms with Crippen LogP contribution in [0, 0.1) is 6.92 Å². The molecule has 0 bridgehead atoms. The van der Waals surface area contributed by atoms with Crippen molar-refractivity contribution in [3.63, 3.8) is 0 Å². The Morgan fingerprint density at radius 1 is 0.806 bits per heavy atom. The van der Waals surface area contributed by atoms with Gasteiger partial charge in [-0.05, 0) is 49.9 Å². The molecule has 0 aliphatic heterocycles. The highest BCUT2D eigenvalue weighted by Gasteiger charge is 2.22. The van der Waals surface area contributed by atoms with Crippen LogP contribution in [0.1, 0.15) is 29.1 Å². The number of aromatic nitrogens is 4. The summed E-state index contributed by atoms with van der Waals surface area (Å²) in [5.41, 5.74) is 3.44. The molecule has 6 rings (SSSR count). The van der Waals surface area contributed by atoms with Crippen molar-refractivity contribution in [3.8, 4) is 11.3 Å². The summed E-state index contributed by atoms with van der Waals surface area (Å²) in [6, 6.07) is 18.6. The maximum absolute atomic E-state index is 4.86. The van der Waals surface area contributed by atoms with Crippen LogP contribution in [0.15, 0.2) is 64.6 Å². The molecule has 0 radical (unpaired) electrons. The molecule has 3 aromatic heterocycles. The van der Waals surface area contributed by atoms with Crippen LogP contribution < -0.4 is 0 Å². The van der Waals surface area contributed by atoms with E-state index >= 15 is 0 Å². The number of benzene rings is 2. The van der Waals surface area contributed by atoms with Gasteiger partial charge >= 0.3 is 0 Å². The summed E-state index contributed by atoms with van der Waals surface area (Å²) in [6.45, 7) is 1.98. The molecule has 4 nitrogen and oxygen atoms in total. The Hall–Kier alpha value is -2.83. The van der Waals surface area contributed by atoms with Crippen LogP contribution in [0.5, 0.6) is 0 Å². The molecule has 3 heterocycles. The lowest BCUT2D eigenvalue weighted by molar-refractivity contribution is 0.699. The second-order valence-corrected chi connectivity index (χ2v) is 9.90. The largest absolute Gasteiger partial charge is 0.226 e. The van der Waals surface area contributed by atoms with E-state index in [1.165, 1.54) is 28.7 Å². The lowest BCUT2D eigenvalue weighted by Gasteiger charge is -2.12. The van der Waals surface area contributed by atoms with E-state index in [-0.39, 0.29) is 0 Å². The van der Waals surface area contributed by atoms with Crippen LogP contribution in [0.2, 0.25) is 0 Å². The number of fused-ring (bicyclic) bond motifs is 4. The lowest BCUT2D eigenvalue weighted by Crippen LogP contribution is -2.00. The molecule has 0 saturated heterocycles. The van der Waals surface area contributed by atoms with Crippen molar-refractivity contribution in [2.75, 3.05) is 0 Å². The summed E-state index contributed by atoms with van der Waals surface area (Å²) in [5, 5.41) is 14.7. The van der Waals surface area contributed by atoms with Crippen molar-refractivity contribution in [3.05, 3.63) is 70.9 Å². The molecule has 0 fully saturated rings. The van der Waals surface area contributed by atoms with Crippen molar-refractivity contribution in [1.82, 2.24) is 20.2 Å². The molecule has 152 valence electrons. The predicted octanol–water partition coefficient (Wildman–Crippen LogP) is 6.64. The predicted molar refractivity (Wildman–Crippen MR) is 128 cm³/mol. The fraction of sp³-hybridized carbons (Fsp3) is 0.200. The second-order valence-electron chi connectivity index (χ2n) is 7.83. The van der Waals surface area contributed by atoms with Crippen molar-refractivity contribution in [2.24, 2.45) is 0 Å². The smallest absolute Gasteiger partial charge is 0.133 e. The fourth-order valence-electron chi connectivity index (χ4n) is 4.35. The zero-order chi connectivity index (χ0) is 20.8. The van der Waals surface area contributed by atoms with Gasteiger partial charge < -0.3 is 0 Å². The fourth-order valence-corrected chi connectivity index (χ4v) is 6.78. The SMILES string of the molecule is Cc1nc(Sc2nnc(-c3ccccc3)c3ccccc23)c2c3c(sc2n1)CCCC3. The molecule has 2 aromatic carbocycles. The van der Waals surface area contributed by atoms with E-state index in [4.69, 9.17) is 9.97 Å². The standard InChI is InChI=1S/C25H20N4S2/c1-15-26-24-21(19-13-7-8-14-20(19)30-24)25(27-15)31-23-18-12-6-5-11-17(18)22(28-29-23)16-9-3-2-4-10-16/h2-6,9-12H,7-8,13-14H2,1H3. The van der Waals surface area contributed by atoms with E-state index in [2.05, 4.69) is 46.6 Å². The van der Waals surface area contributed by atoms with Crippen LogP contribution in [-0.4, -0.2) is 20.2 Å². The quantitative estimate of drug-likeness (QED) is 0.294. The normalized spacial score (nSPS) is 13.6. The van der Waals surface area contributed by atoms with E-state index in [1.807, 2.05) is 36.5 Å². The van der Waals surface area contributed by atoms with Crippen LogP contribution in [0.3, 0.4) is 0 Å². The van der Waals surface area contributed by atoms with Crippen LogP contribution >= 0.6 is 23.1 Å². The minimum absolute atomic E-state index is 0.812. The number of aryl methyl sites for hydroxylation is 3. The summed E-state index contributed by atoms with van der Waals surface area (Å²) < 4.78 is 0. The van der Waals surface area contributed by atoms with E-state index in [0.29, 0.717) is 0 Å². The highest BCUT2D eigenvalue weighted by atomic mass is 32.2. The first-order valence-electron chi connectivity index (χ1n) is 10.6. The minimum atomic E-state index is 0.812. The third-order valence-corrected chi connectivity index (χ3v) is 7.96. The van der Waals surface area contributed by atoms with Gasteiger partial charge in [0, 0.05) is 26.6 Å². The summed E-state index contributed by atoms with van der Waals surface area (Å²) in [4.78, 5) is 12.2. The van der Waals surface area contributed by atoms with Gasteiger partial charge in [0.05, 0.1) is 0 Å². The number of rotatable bonds is 3. The van der Waals surface area contributed by atoms with E-state index in [1.54, 1.807) is 11.8 Å². The van der Waals surface area contributed by atoms with Gasteiger partial charge in [0.15, 0.2) is 0 Å². The summed E-state index contributed by atoms with van der Waals surface area (Å²) in [6.07, 6.45) is 4.79. The monoisotopic (exact) mass is 440 g/mol. The molecule has 6 heteroatoms. The molecule has 0 amide bonds. The molecular weight excluding hydrogens is 420 g/mol. The molecular formula is C25H20N4S2. The number of hydrogen-bond donors (Lipinski definition) is 0. The van der Waals surface area contributed by atoms with Gasteiger partial charge in [0.2, 0.25) is 0 Å². The van der Waals surface area contributed by atoms with Crippen molar-refractivity contribution < 1.29 is 0 Å². The van der Waals surface area contributed by atoms with E-state index in [0.717, 1.165) is 55.6 Å².